The molecule has 1 atom stereocenters. The van der Waals surface area contributed by atoms with E-state index in [-0.39, 0.29) is 5.41 Å². The predicted octanol–water partition coefficient (Wildman–Crippen LogP) is 4.49. The van der Waals surface area contributed by atoms with Crippen molar-refractivity contribution in [3.05, 3.63) is 71.3 Å². The lowest BCUT2D eigenvalue weighted by atomic mass is 9.81. The number of likely N-dealkylation sites (N-methyl/N-ethyl adjacent to an activating group) is 1. The minimum absolute atomic E-state index is 0.169. The molecule has 2 rings (SSSR count). The van der Waals surface area contributed by atoms with Gasteiger partial charge in [0.25, 0.3) is 0 Å². The van der Waals surface area contributed by atoms with Gasteiger partial charge < -0.3 is 5.32 Å². The Bertz CT molecular complexity index is 537. The van der Waals surface area contributed by atoms with Crippen molar-refractivity contribution in [3.8, 4) is 0 Å². The molecule has 106 valence electrons. The molecular weight excluding hydrogens is 242 g/mol. The number of nitrogens with one attached hydrogen (secondary N) is 1. The fourth-order valence-electron chi connectivity index (χ4n) is 2.70. The van der Waals surface area contributed by atoms with Gasteiger partial charge in [-0.2, -0.15) is 0 Å². The van der Waals surface area contributed by atoms with Crippen LogP contribution in [0.5, 0.6) is 0 Å². The van der Waals surface area contributed by atoms with Gasteiger partial charge in [-0.25, -0.2) is 0 Å². The fraction of sp³-hybridized carbons (Fsp3) is 0.368. The molecule has 0 heterocycles. The Morgan fingerprint density at radius 2 is 1.50 bits per heavy atom. The first-order valence-electron chi connectivity index (χ1n) is 7.33. The SMILES string of the molecule is CNC(Cc1ccccc1)c1ccccc1C(C)(C)C. The van der Waals surface area contributed by atoms with Crippen molar-refractivity contribution in [2.45, 2.75) is 38.6 Å². The van der Waals surface area contributed by atoms with Crippen LogP contribution in [0.4, 0.5) is 0 Å². The normalized spacial score (nSPS) is 13.2. The second kappa shape index (κ2) is 6.23. The van der Waals surface area contributed by atoms with Crippen molar-refractivity contribution in [3.63, 3.8) is 0 Å². The molecule has 0 aromatic heterocycles. The monoisotopic (exact) mass is 267 g/mol. The van der Waals surface area contributed by atoms with Crippen molar-refractivity contribution in [2.24, 2.45) is 0 Å². The summed E-state index contributed by atoms with van der Waals surface area (Å²) in [4.78, 5) is 0. The summed E-state index contributed by atoms with van der Waals surface area (Å²) in [5, 5.41) is 3.48. The number of rotatable bonds is 4. The van der Waals surface area contributed by atoms with E-state index in [2.05, 4.69) is 80.7 Å². The maximum atomic E-state index is 3.48. The van der Waals surface area contributed by atoms with Crippen molar-refractivity contribution in [1.29, 1.82) is 0 Å². The Morgan fingerprint density at radius 3 is 2.10 bits per heavy atom. The molecule has 0 aliphatic heterocycles. The van der Waals surface area contributed by atoms with Gasteiger partial charge in [-0.05, 0) is 35.6 Å². The number of hydrogen-bond donors (Lipinski definition) is 1. The van der Waals surface area contributed by atoms with Crippen LogP contribution in [0.15, 0.2) is 54.6 Å². The molecule has 0 saturated carbocycles. The minimum atomic E-state index is 0.169. The first-order valence-corrected chi connectivity index (χ1v) is 7.33. The summed E-state index contributed by atoms with van der Waals surface area (Å²) < 4.78 is 0. The van der Waals surface area contributed by atoms with E-state index in [1.807, 2.05) is 7.05 Å². The highest BCUT2D eigenvalue weighted by molar-refractivity contribution is 5.36. The van der Waals surface area contributed by atoms with Crippen LogP contribution in [0.2, 0.25) is 0 Å². The van der Waals surface area contributed by atoms with Gasteiger partial charge in [0.2, 0.25) is 0 Å². The molecule has 0 spiro atoms. The molecule has 20 heavy (non-hydrogen) atoms. The van der Waals surface area contributed by atoms with Crippen LogP contribution < -0.4 is 5.32 Å². The van der Waals surface area contributed by atoms with E-state index >= 15 is 0 Å². The summed E-state index contributed by atoms with van der Waals surface area (Å²) in [6.45, 7) is 6.84. The molecule has 1 N–H and O–H groups in total. The van der Waals surface area contributed by atoms with E-state index in [1.165, 1.54) is 16.7 Å². The molecule has 1 nitrogen and oxygen atoms in total. The van der Waals surface area contributed by atoms with Crippen LogP contribution in [0.1, 0.15) is 43.5 Å². The van der Waals surface area contributed by atoms with E-state index < -0.39 is 0 Å². The Balaban J connectivity index is 2.33. The summed E-state index contributed by atoms with van der Waals surface area (Å²) in [5.74, 6) is 0. The van der Waals surface area contributed by atoms with Crippen molar-refractivity contribution < 1.29 is 0 Å². The van der Waals surface area contributed by atoms with Crippen LogP contribution >= 0.6 is 0 Å². The fourth-order valence-corrected chi connectivity index (χ4v) is 2.70. The summed E-state index contributed by atoms with van der Waals surface area (Å²) >= 11 is 0. The lowest BCUT2D eigenvalue weighted by Crippen LogP contribution is -2.24. The third-order valence-corrected chi connectivity index (χ3v) is 3.78. The topological polar surface area (TPSA) is 12.0 Å². The first-order chi connectivity index (χ1) is 9.52. The summed E-state index contributed by atoms with van der Waals surface area (Å²) in [5.41, 5.74) is 4.37. The molecule has 0 amide bonds. The maximum Gasteiger partial charge on any atom is 0.0361 e. The van der Waals surface area contributed by atoms with Gasteiger partial charge in [0, 0.05) is 6.04 Å². The maximum absolute atomic E-state index is 3.48. The zero-order valence-corrected chi connectivity index (χ0v) is 13.0. The molecule has 2 aromatic rings. The molecule has 1 unspecified atom stereocenters. The number of hydrogen-bond acceptors (Lipinski definition) is 1. The molecule has 0 fully saturated rings. The van der Waals surface area contributed by atoms with Gasteiger partial charge in [-0.15, -0.1) is 0 Å². The highest BCUT2D eigenvalue weighted by atomic mass is 14.9. The van der Waals surface area contributed by atoms with E-state index in [0.717, 1.165) is 6.42 Å². The summed E-state index contributed by atoms with van der Waals surface area (Å²) in [6.07, 6.45) is 1.02. The lowest BCUT2D eigenvalue weighted by molar-refractivity contribution is 0.539. The number of benzene rings is 2. The average molecular weight is 267 g/mol. The van der Waals surface area contributed by atoms with E-state index in [9.17, 15) is 0 Å². The quantitative estimate of drug-likeness (QED) is 0.860. The second-order valence-corrected chi connectivity index (χ2v) is 6.37. The molecule has 0 bridgehead atoms. The Labute approximate surface area is 123 Å². The van der Waals surface area contributed by atoms with Gasteiger partial charge in [-0.3, -0.25) is 0 Å². The van der Waals surface area contributed by atoms with Crippen LogP contribution in [0.3, 0.4) is 0 Å². The lowest BCUT2D eigenvalue weighted by Gasteiger charge is -2.27. The van der Waals surface area contributed by atoms with Gasteiger partial charge >= 0.3 is 0 Å². The van der Waals surface area contributed by atoms with Crippen LogP contribution in [0, 0.1) is 0 Å². The Kier molecular flexibility index (Phi) is 4.61. The molecule has 0 aliphatic rings. The second-order valence-electron chi connectivity index (χ2n) is 6.37. The molecule has 1 heteroatoms. The highest BCUT2D eigenvalue weighted by Crippen LogP contribution is 2.30. The van der Waals surface area contributed by atoms with Gasteiger partial charge in [0.15, 0.2) is 0 Å². The molecule has 2 aromatic carbocycles. The first kappa shape index (κ1) is 14.8. The van der Waals surface area contributed by atoms with Gasteiger partial charge in [0.05, 0.1) is 0 Å². The summed E-state index contributed by atoms with van der Waals surface area (Å²) in [6, 6.07) is 19.8. The van der Waals surface area contributed by atoms with Gasteiger partial charge in [0.1, 0.15) is 0 Å². The van der Waals surface area contributed by atoms with Crippen LogP contribution in [-0.2, 0) is 11.8 Å². The third kappa shape index (κ3) is 3.49. The van der Waals surface area contributed by atoms with Crippen LogP contribution in [-0.4, -0.2) is 7.05 Å². The molecule has 0 radical (unpaired) electrons. The summed E-state index contributed by atoms with van der Waals surface area (Å²) in [7, 11) is 2.05. The largest absolute Gasteiger partial charge is 0.313 e. The van der Waals surface area contributed by atoms with Crippen molar-refractivity contribution >= 4 is 0 Å². The van der Waals surface area contributed by atoms with Crippen LogP contribution in [0.25, 0.3) is 0 Å². The standard InChI is InChI=1S/C19H25N/c1-19(2,3)17-13-9-8-12-16(17)18(20-4)14-15-10-6-5-7-11-15/h5-13,18,20H,14H2,1-4H3. The molecule has 0 saturated heterocycles. The van der Waals surface area contributed by atoms with Gasteiger partial charge in [-0.1, -0.05) is 75.4 Å². The zero-order valence-electron chi connectivity index (χ0n) is 13.0. The van der Waals surface area contributed by atoms with Crippen molar-refractivity contribution in [2.75, 3.05) is 7.05 Å². The zero-order chi connectivity index (χ0) is 14.6. The molecule has 0 aliphatic carbocycles. The highest BCUT2D eigenvalue weighted by Gasteiger charge is 2.21. The van der Waals surface area contributed by atoms with E-state index in [4.69, 9.17) is 0 Å². The third-order valence-electron chi connectivity index (χ3n) is 3.78. The Morgan fingerprint density at radius 1 is 0.900 bits per heavy atom. The molecular formula is C19H25N. The van der Waals surface area contributed by atoms with Crippen molar-refractivity contribution in [1.82, 2.24) is 5.32 Å². The minimum Gasteiger partial charge on any atom is -0.313 e. The van der Waals surface area contributed by atoms with E-state index in [1.54, 1.807) is 0 Å². The predicted molar refractivity (Wildman–Crippen MR) is 87.1 cm³/mol. The smallest absolute Gasteiger partial charge is 0.0361 e. The Hall–Kier alpha value is -1.60. The average Bonchev–Trinajstić information content (AvgIpc) is 2.45. The van der Waals surface area contributed by atoms with E-state index in [0.29, 0.717) is 6.04 Å².